The molecule has 0 spiro atoms. The lowest BCUT2D eigenvalue weighted by Crippen LogP contribution is -2.45. The standard InChI is InChI=1S/C17H22N6O2/c1-13-19-15(21-25-13)17(9-5-2-3-6-10-17)18-12-23-16(24)22-11-7-4-8-14(22)20-23/h4,7-8,11,18H,2-3,5-6,9-10,12H2,1H3. The Morgan fingerprint density at radius 2 is 2.04 bits per heavy atom. The second kappa shape index (κ2) is 6.44. The fourth-order valence-electron chi connectivity index (χ4n) is 3.60. The summed E-state index contributed by atoms with van der Waals surface area (Å²) in [6, 6.07) is 5.51. The minimum Gasteiger partial charge on any atom is -0.340 e. The van der Waals surface area contributed by atoms with E-state index in [2.05, 4.69) is 20.6 Å². The minimum absolute atomic E-state index is 0.156. The number of pyridine rings is 1. The molecule has 3 aromatic heterocycles. The molecule has 0 aromatic carbocycles. The van der Waals surface area contributed by atoms with Gasteiger partial charge in [0.2, 0.25) is 5.89 Å². The third-order valence-electron chi connectivity index (χ3n) is 4.97. The lowest BCUT2D eigenvalue weighted by Gasteiger charge is -2.30. The van der Waals surface area contributed by atoms with Crippen molar-refractivity contribution in [2.45, 2.75) is 57.7 Å². The number of fused-ring (bicyclic) bond motifs is 1. The van der Waals surface area contributed by atoms with Crippen LogP contribution in [-0.2, 0) is 12.2 Å². The molecular formula is C17H22N6O2. The predicted molar refractivity (Wildman–Crippen MR) is 91.0 cm³/mol. The maximum atomic E-state index is 12.5. The summed E-state index contributed by atoms with van der Waals surface area (Å²) in [6.45, 7) is 2.11. The number of nitrogens with zero attached hydrogens (tertiary/aromatic N) is 5. The molecule has 132 valence electrons. The summed E-state index contributed by atoms with van der Waals surface area (Å²) in [5.74, 6) is 1.24. The van der Waals surface area contributed by atoms with Gasteiger partial charge in [-0.15, -0.1) is 5.10 Å². The predicted octanol–water partition coefficient (Wildman–Crippen LogP) is 1.98. The molecule has 1 aliphatic rings. The molecule has 4 rings (SSSR count). The van der Waals surface area contributed by atoms with Gasteiger partial charge in [-0.05, 0) is 25.0 Å². The van der Waals surface area contributed by atoms with E-state index in [0.717, 1.165) is 25.7 Å². The van der Waals surface area contributed by atoms with Crippen molar-refractivity contribution in [2.24, 2.45) is 0 Å². The number of rotatable bonds is 4. The Morgan fingerprint density at radius 3 is 2.72 bits per heavy atom. The highest BCUT2D eigenvalue weighted by atomic mass is 16.5. The Labute approximate surface area is 144 Å². The van der Waals surface area contributed by atoms with Gasteiger partial charge < -0.3 is 4.52 Å². The third kappa shape index (κ3) is 2.97. The number of hydrogen-bond acceptors (Lipinski definition) is 6. The van der Waals surface area contributed by atoms with Crippen LogP contribution < -0.4 is 11.0 Å². The van der Waals surface area contributed by atoms with E-state index in [-0.39, 0.29) is 11.2 Å². The highest BCUT2D eigenvalue weighted by Gasteiger charge is 2.37. The molecule has 8 nitrogen and oxygen atoms in total. The van der Waals surface area contributed by atoms with Gasteiger partial charge in [0.15, 0.2) is 11.5 Å². The molecule has 0 bridgehead atoms. The van der Waals surface area contributed by atoms with Gasteiger partial charge in [0.25, 0.3) is 0 Å². The van der Waals surface area contributed by atoms with Crippen molar-refractivity contribution >= 4 is 5.65 Å². The molecule has 3 heterocycles. The summed E-state index contributed by atoms with van der Waals surface area (Å²) in [7, 11) is 0. The average Bonchev–Trinajstić information content (AvgIpc) is 3.10. The molecule has 0 saturated heterocycles. The quantitative estimate of drug-likeness (QED) is 0.729. The summed E-state index contributed by atoms with van der Waals surface area (Å²) in [5, 5.41) is 12.1. The van der Waals surface area contributed by atoms with E-state index in [1.807, 2.05) is 18.2 Å². The summed E-state index contributed by atoms with van der Waals surface area (Å²) < 4.78 is 8.21. The first-order valence-corrected chi connectivity index (χ1v) is 8.78. The first-order valence-electron chi connectivity index (χ1n) is 8.78. The Balaban J connectivity index is 1.64. The SMILES string of the molecule is Cc1nc(C2(NCn3nc4ccccn4c3=O)CCCCCC2)no1. The lowest BCUT2D eigenvalue weighted by molar-refractivity contribution is 0.233. The van der Waals surface area contributed by atoms with Crippen LogP contribution in [0.15, 0.2) is 33.7 Å². The number of aryl methyl sites for hydroxylation is 1. The fourth-order valence-corrected chi connectivity index (χ4v) is 3.60. The summed E-state index contributed by atoms with van der Waals surface area (Å²) in [4.78, 5) is 17.0. The molecule has 1 aliphatic carbocycles. The second-order valence-corrected chi connectivity index (χ2v) is 6.68. The van der Waals surface area contributed by atoms with E-state index in [1.54, 1.807) is 17.5 Å². The Hall–Kier alpha value is -2.48. The Morgan fingerprint density at radius 1 is 1.24 bits per heavy atom. The summed E-state index contributed by atoms with van der Waals surface area (Å²) in [6.07, 6.45) is 8.18. The first kappa shape index (κ1) is 16.0. The van der Waals surface area contributed by atoms with Gasteiger partial charge in [0, 0.05) is 13.1 Å². The maximum absolute atomic E-state index is 12.5. The van der Waals surface area contributed by atoms with E-state index >= 15 is 0 Å². The molecule has 8 heteroatoms. The van der Waals surface area contributed by atoms with E-state index in [0.29, 0.717) is 24.0 Å². The van der Waals surface area contributed by atoms with Crippen molar-refractivity contribution in [1.82, 2.24) is 29.6 Å². The smallest absolute Gasteiger partial charge is 0.340 e. The molecule has 0 atom stereocenters. The van der Waals surface area contributed by atoms with Crippen LogP contribution in [0.5, 0.6) is 0 Å². The van der Waals surface area contributed by atoms with Crippen molar-refractivity contribution in [3.63, 3.8) is 0 Å². The van der Waals surface area contributed by atoms with Crippen LogP contribution in [-0.4, -0.2) is 24.3 Å². The molecule has 0 amide bonds. The van der Waals surface area contributed by atoms with Crippen molar-refractivity contribution in [2.75, 3.05) is 0 Å². The third-order valence-corrected chi connectivity index (χ3v) is 4.97. The molecule has 3 aromatic rings. The Kier molecular flexibility index (Phi) is 4.12. The van der Waals surface area contributed by atoms with E-state index in [9.17, 15) is 4.79 Å². The average molecular weight is 342 g/mol. The van der Waals surface area contributed by atoms with E-state index in [1.165, 1.54) is 17.5 Å². The largest absolute Gasteiger partial charge is 0.351 e. The summed E-state index contributed by atoms with van der Waals surface area (Å²) in [5.41, 5.74) is 0.111. The highest BCUT2D eigenvalue weighted by Crippen LogP contribution is 2.34. The number of hydrogen-bond donors (Lipinski definition) is 1. The zero-order valence-electron chi connectivity index (χ0n) is 14.3. The van der Waals surface area contributed by atoms with Gasteiger partial charge in [-0.1, -0.05) is 36.9 Å². The van der Waals surface area contributed by atoms with Crippen molar-refractivity contribution < 1.29 is 4.52 Å². The highest BCUT2D eigenvalue weighted by molar-refractivity contribution is 5.35. The van der Waals surface area contributed by atoms with Gasteiger partial charge in [-0.3, -0.25) is 9.72 Å². The van der Waals surface area contributed by atoms with Crippen LogP contribution in [0.25, 0.3) is 5.65 Å². The Bertz CT molecular complexity index is 917. The van der Waals surface area contributed by atoms with Gasteiger partial charge >= 0.3 is 5.69 Å². The monoisotopic (exact) mass is 342 g/mol. The number of aromatic nitrogens is 5. The van der Waals surface area contributed by atoms with Gasteiger partial charge in [-0.2, -0.15) is 9.67 Å². The van der Waals surface area contributed by atoms with Gasteiger partial charge in [-0.25, -0.2) is 4.79 Å². The van der Waals surface area contributed by atoms with Crippen molar-refractivity contribution in [1.29, 1.82) is 0 Å². The molecule has 1 fully saturated rings. The van der Waals surface area contributed by atoms with Crippen molar-refractivity contribution in [3.8, 4) is 0 Å². The van der Waals surface area contributed by atoms with Crippen LogP contribution in [0.4, 0.5) is 0 Å². The minimum atomic E-state index is -0.372. The molecule has 1 saturated carbocycles. The van der Waals surface area contributed by atoms with Crippen LogP contribution in [0.1, 0.15) is 50.2 Å². The number of nitrogens with one attached hydrogen (secondary N) is 1. The lowest BCUT2D eigenvalue weighted by atomic mass is 9.89. The van der Waals surface area contributed by atoms with Crippen LogP contribution >= 0.6 is 0 Å². The van der Waals surface area contributed by atoms with Crippen LogP contribution in [0.2, 0.25) is 0 Å². The molecule has 0 aliphatic heterocycles. The van der Waals surface area contributed by atoms with Gasteiger partial charge in [0.1, 0.15) is 0 Å². The van der Waals surface area contributed by atoms with Crippen LogP contribution in [0.3, 0.4) is 0 Å². The second-order valence-electron chi connectivity index (χ2n) is 6.68. The first-order chi connectivity index (χ1) is 12.2. The van der Waals surface area contributed by atoms with Gasteiger partial charge in [0.05, 0.1) is 12.2 Å². The zero-order chi connectivity index (χ0) is 17.3. The molecular weight excluding hydrogens is 320 g/mol. The molecule has 1 N–H and O–H groups in total. The van der Waals surface area contributed by atoms with E-state index in [4.69, 9.17) is 4.52 Å². The normalized spacial score (nSPS) is 17.6. The zero-order valence-corrected chi connectivity index (χ0v) is 14.3. The molecule has 25 heavy (non-hydrogen) atoms. The topological polar surface area (TPSA) is 90.2 Å². The summed E-state index contributed by atoms with van der Waals surface area (Å²) >= 11 is 0. The van der Waals surface area contributed by atoms with Crippen molar-refractivity contribution in [3.05, 3.63) is 46.6 Å². The molecule has 0 unspecified atom stereocenters. The van der Waals surface area contributed by atoms with Crippen LogP contribution in [0, 0.1) is 6.92 Å². The molecule has 0 radical (unpaired) electrons. The van der Waals surface area contributed by atoms with E-state index < -0.39 is 0 Å². The maximum Gasteiger partial charge on any atom is 0.351 e. The fraction of sp³-hybridized carbons (Fsp3) is 0.529.